The number of carbonyl (C=O) groups is 1. The average Bonchev–Trinajstić information content (AvgIpc) is 2.66. The van der Waals surface area contributed by atoms with Crippen molar-refractivity contribution >= 4 is 11.7 Å². The van der Waals surface area contributed by atoms with Gasteiger partial charge in [0.25, 0.3) is 0 Å². The lowest BCUT2D eigenvalue weighted by molar-refractivity contribution is 0.0510. The van der Waals surface area contributed by atoms with Crippen molar-refractivity contribution in [2.45, 2.75) is 44.4 Å². The van der Waals surface area contributed by atoms with Gasteiger partial charge in [-0.3, -0.25) is 4.90 Å². The molecular weight excluding hydrogens is 329 g/mol. The molecule has 0 N–H and O–H groups in total. The highest BCUT2D eigenvalue weighted by molar-refractivity contribution is 5.74. The maximum absolute atomic E-state index is 14.2. The zero-order valence-electron chi connectivity index (χ0n) is 14.6. The summed E-state index contributed by atoms with van der Waals surface area (Å²) in [6, 6.07) is 16.6. The van der Waals surface area contributed by atoms with Crippen LogP contribution in [-0.2, 0) is 11.3 Å². The zero-order chi connectivity index (χ0) is 17.9. The number of hydrogen-bond acceptors (Lipinski definition) is 2. The first-order valence-corrected chi connectivity index (χ1v) is 9.17. The molecule has 26 heavy (non-hydrogen) atoms. The highest BCUT2D eigenvalue weighted by Crippen LogP contribution is 2.38. The van der Waals surface area contributed by atoms with Crippen molar-refractivity contribution in [1.82, 2.24) is 4.90 Å². The van der Waals surface area contributed by atoms with Gasteiger partial charge in [0.1, 0.15) is 12.4 Å². The van der Waals surface area contributed by atoms with E-state index in [1.807, 2.05) is 47.4 Å². The fourth-order valence-electron chi connectivity index (χ4n) is 4.03. The zero-order valence-corrected chi connectivity index (χ0v) is 14.6. The van der Waals surface area contributed by atoms with Crippen molar-refractivity contribution in [3.8, 4) is 0 Å². The van der Waals surface area contributed by atoms with Crippen LogP contribution in [0.3, 0.4) is 0 Å². The predicted molar refractivity (Wildman–Crippen MR) is 98.9 cm³/mol. The Morgan fingerprint density at radius 2 is 1.85 bits per heavy atom. The molecular formula is C22H22FNO2. The predicted octanol–water partition coefficient (Wildman–Crippen LogP) is 5.17. The highest BCUT2D eigenvalue weighted by Gasteiger charge is 2.38. The number of benzene rings is 2. The maximum atomic E-state index is 14.2. The standard InChI is InChI=1S/C22H22FNO2/c23-21-12-5-4-11-20(21)17-13-18-9-6-10-19(14-17)24(18)22(25)26-15-16-7-2-1-3-8-16/h1-5,7-8,11-13,18-19H,6,9-10,14-15H2. The average molecular weight is 351 g/mol. The minimum atomic E-state index is -0.271. The molecule has 1 amide bonds. The van der Waals surface area contributed by atoms with Gasteiger partial charge >= 0.3 is 6.09 Å². The van der Waals surface area contributed by atoms with Crippen LogP contribution in [0.2, 0.25) is 0 Å². The summed E-state index contributed by atoms with van der Waals surface area (Å²) >= 11 is 0. The van der Waals surface area contributed by atoms with Crippen molar-refractivity contribution in [2.75, 3.05) is 0 Å². The SMILES string of the molecule is O=C(OCc1ccccc1)N1C2C=C(c3ccccc3F)CC1CCC2. The monoisotopic (exact) mass is 351 g/mol. The van der Waals surface area contributed by atoms with Gasteiger partial charge in [-0.05, 0) is 42.9 Å². The fraction of sp³-hybridized carbons (Fsp3) is 0.318. The van der Waals surface area contributed by atoms with Crippen molar-refractivity contribution in [1.29, 1.82) is 0 Å². The number of carbonyl (C=O) groups excluding carboxylic acids is 1. The van der Waals surface area contributed by atoms with Crippen LogP contribution in [0, 0.1) is 5.82 Å². The molecule has 2 atom stereocenters. The second-order valence-electron chi connectivity index (χ2n) is 6.98. The Morgan fingerprint density at radius 3 is 2.62 bits per heavy atom. The van der Waals surface area contributed by atoms with Crippen LogP contribution in [0.25, 0.3) is 5.57 Å². The van der Waals surface area contributed by atoms with E-state index in [2.05, 4.69) is 6.08 Å². The van der Waals surface area contributed by atoms with Crippen molar-refractivity contribution < 1.29 is 13.9 Å². The smallest absolute Gasteiger partial charge is 0.410 e. The Bertz CT molecular complexity index is 818. The molecule has 0 spiro atoms. The first kappa shape index (κ1) is 16.8. The molecule has 1 fully saturated rings. The molecule has 0 radical (unpaired) electrons. The van der Waals surface area contributed by atoms with Crippen LogP contribution >= 0.6 is 0 Å². The lowest BCUT2D eigenvalue weighted by Crippen LogP contribution is -2.51. The maximum Gasteiger partial charge on any atom is 0.410 e. The Kier molecular flexibility index (Phi) is 4.74. The summed E-state index contributed by atoms with van der Waals surface area (Å²) in [6.45, 7) is 0.277. The molecule has 2 unspecified atom stereocenters. The second-order valence-corrected chi connectivity index (χ2v) is 6.98. The van der Waals surface area contributed by atoms with E-state index in [1.165, 1.54) is 6.07 Å². The van der Waals surface area contributed by atoms with E-state index in [0.717, 1.165) is 30.4 Å². The molecule has 1 saturated heterocycles. The summed E-state index contributed by atoms with van der Waals surface area (Å²) in [4.78, 5) is 14.6. The quantitative estimate of drug-likeness (QED) is 0.763. The van der Waals surface area contributed by atoms with E-state index < -0.39 is 0 Å². The van der Waals surface area contributed by atoms with Crippen LogP contribution < -0.4 is 0 Å². The Morgan fingerprint density at radius 1 is 1.08 bits per heavy atom. The third-order valence-electron chi connectivity index (χ3n) is 5.27. The lowest BCUT2D eigenvalue weighted by atomic mass is 9.83. The van der Waals surface area contributed by atoms with Gasteiger partial charge in [0, 0.05) is 11.6 Å². The molecule has 0 saturated carbocycles. The number of nitrogens with zero attached hydrogens (tertiary/aromatic N) is 1. The first-order valence-electron chi connectivity index (χ1n) is 9.17. The van der Waals surface area contributed by atoms with Crippen LogP contribution in [0.15, 0.2) is 60.7 Å². The molecule has 2 aliphatic rings. The van der Waals surface area contributed by atoms with Crippen LogP contribution in [0.5, 0.6) is 0 Å². The van der Waals surface area contributed by atoms with Crippen LogP contribution in [0.4, 0.5) is 9.18 Å². The van der Waals surface area contributed by atoms with Crippen molar-refractivity contribution in [3.63, 3.8) is 0 Å². The van der Waals surface area contributed by atoms with Gasteiger partial charge in [0.05, 0.1) is 6.04 Å². The molecule has 0 aliphatic carbocycles. The molecule has 4 rings (SSSR count). The van der Waals surface area contributed by atoms with E-state index in [9.17, 15) is 9.18 Å². The summed E-state index contributed by atoms with van der Waals surface area (Å²) in [6.07, 6.45) is 5.37. The van der Waals surface area contributed by atoms with Gasteiger partial charge in [-0.1, -0.05) is 54.6 Å². The molecule has 134 valence electrons. The van der Waals surface area contributed by atoms with Gasteiger partial charge in [-0.15, -0.1) is 0 Å². The number of piperidine rings is 1. The summed E-state index contributed by atoms with van der Waals surface area (Å²) in [5.41, 5.74) is 2.64. The summed E-state index contributed by atoms with van der Waals surface area (Å²) < 4.78 is 19.7. The van der Waals surface area contributed by atoms with Gasteiger partial charge in [0.2, 0.25) is 0 Å². The van der Waals surface area contributed by atoms with Gasteiger partial charge in [-0.2, -0.15) is 0 Å². The van der Waals surface area contributed by atoms with Crippen molar-refractivity contribution in [3.05, 3.63) is 77.6 Å². The van der Waals surface area contributed by atoms with E-state index >= 15 is 0 Å². The summed E-state index contributed by atoms with van der Waals surface area (Å²) in [5, 5.41) is 0. The van der Waals surface area contributed by atoms with Crippen LogP contribution in [-0.4, -0.2) is 23.1 Å². The normalized spacial score (nSPS) is 21.9. The number of rotatable bonds is 3. The number of fused-ring (bicyclic) bond motifs is 2. The number of amides is 1. The molecule has 2 aliphatic heterocycles. The molecule has 2 aromatic carbocycles. The largest absolute Gasteiger partial charge is 0.445 e. The summed E-state index contributed by atoms with van der Waals surface area (Å²) in [5.74, 6) is -0.197. The minimum Gasteiger partial charge on any atom is -0.445 e. The third kappa shape index (κ3) is 3.36. The molecule has 2 bridgehead atoms. The van der Waals surface area contributed by atoms with E-state index in [4.69, 9.17) is 4.74 Å². The van der Waals surface area contributed by atoms with E-state index in [0.29, 0.717) is 12.0 Å². The Hall–Kier alpha value is -2.62. The Labute approximate surface area is 153 Å². The number of hydrogen-bond donors (Lipinski definition) is 0. The lowest BCUT2D eigenvalue weighted by Gasteiger charge is -2.44. The first-order chi connectivity index (χ1) is 12.7. The highest BCUT2D eigenvalue weighted by atomic mass is 19.1. The van der Waals surface area contributed by atoms with E-state index in [-0.39, 0.29) is 30.6 Å². The molecule has 2 aromatic rings. The van der Waals surface area contributed by atoms with Gasteiger partial charge in [0.15, 0.2) is 0 Å². The number of halogens is 1. The fourth-order valence-corrected chi connectivity index (χ4v) is 4.03. The molecule has 0 aromatic heterocycles. The topological polar surface area (TPSA) is 29.5 Å². The molecule has 2 heterocycles. The molecule has 4 heteroatoms. The van der Waals surface area contributed by atoms with Crippen molar-refractivity contribution in [2.24, 2.45) is 0 Å². The van der Waals surface area contributed by atoms with Gasteiger partial charge < -0.3 is 4.74 Å². The summed E-state index contributed by atoms with van der Waals surface area (Å²) in [7, 11) is 0. The number of ether oxygens (including phenoxy) is 1. The van der Waals surface area contributed by atoms with Crippen LogP contribution in [0.1, 0.15) is 36.8 Å². The van der Waals surface area contributed by atoms with Gasteiger partial charge in [-0.25, -0.2) is 9.18 Å². The Balaban J connectivity index is 1.51. The third-order valence-corrected chi connectivity index (χ3v) is 5.27. The minimum absolute atomic E-state index is 0.0135. The molecule has 3 nitrogen and oxygen atoms in total. The van der Waals surface area contributed by atoms with E-state index in [1.54, 1.807) is 6.07 Å². The second kappa shape index (κ2) is 7.32.